The number of nitrogens with one attached hydrogen (secondary N) is 1. The number of amides is 1. The first kappa shape index (κ1) is 17.4. The van der Waals surface area contributed by atoms with Gasteiger partial charge in [-0.25, -0.2) is 0 Å². The molecule has 3 aromatic rings. The topological polar surface area (TPSA) is 56.8 Å². The second-order valence-corrected chi connectivity index (χ2v) is 5.49. The molecule has 26 heavy (non-hydrogen) atoms. The van der Waals surface area contributed by atoms with Crippen LogP contribution >= 0.6 is 0 Å². The number of carbonyl (C=O) groups is 1. The van der Waals surface area contributed by atoms with Gasteiger partial charge >= 0.3 is 0 Å². The van der Waals surface area contributed by atoms with E-state index in [1.165, 1.54) is 0 Å². The van der Waals surface area contributed by atoms with Crippen LogP contribution in [0, 0.1) is 0 Å². The van der Waals surface area contributed by atoms with E-state index in [0.29, 0.717) is 28.5 Å². The molecular formula is C21H19NO4. The third-order valence-corrected chi connectivity index (χ3v) is 3.74. The number of hydrogen-bond donors (Lipinski definition) is 1. The lowest BCUT2D eigenvalue weighted by Gasteiger charge is -2.09. The molecule has 0 spiro atoms. The maximum Gasteiger partial charge on any atom is 0.255 e. The first-order chi connectivity index (χ1) is 12.7. The lowest BCUT2D eigenvalue weighted by atomic mass is 10.2. The predicted octanol–water partition coefficient (Wildman–Crippen LogP) is 4.75. The molecular weight excluding hydrogens is 330 g/mol. The lowest BCUT2D eigenvalue weighted by molar-refractivity contribution is 0.102. The zero-order valence-corrected chi connectivity index (χ0v) is 14.6. The van der Waals surface area contributed by atoms with Crippen LogP contribution in [-0.2, 0) is 0 Å². The van der Waals surface area contributed by atoms with Crippen LogP contribution in [0.2, 0.25) is 0 Å². The van der Waals surface area contributed by atoms with Crippen LogP contribution in [-0.4, -0.2) is 20.1 Å². The molecule has 3 rings (SSSR count). The second-order valence-electron chi connectivity index (χ2n) is 5.49. The quantitative estimate of drug-likeness (QED) is 0.698. The van der Waals surface area contributed by atoms with Gasteiger partial charge in [0.15, 0.2) is 0 Å². The van der Waals surface area contributed by atoms with E-state index in [4.69, 9.17) is 14.2 Å². The highest BCUT2D eigenvalue weighted by molar-refractivity contribution is 6.04. The molecule has 0 aliphatic carbocycles. The SMILES string of the molecule is COc1ccc(Oc2ccc(C(=O)Nc3cccc(OC)c3)cc2)cc1. The van der Waals surface area contributed by atoms with Gasteiger partial charge in [-0.15, -0.1) is 0 Å². The molecule has 0 bridgehead atoms. The summed E-state index contributed by atoms with van der Waals surface area (Å²) in [5.74, 6) is 2.59. The van der Waals surface area contributed by atoms with Crippen molar-refractivity contribution in [3.05, 3.63) is 78.4 Å². The molecule has 0 aliphatic rings. The molecule has 0 fully saturated rings. The van der Waals surface area contributed by atoms with Crippen molar-refractivity contribution in [2.75, 3.05) is 19.5 Å². The molecule has 1 N–H and O–H groups in total. The molecule has 3 aromatic carbocycles. The Morgan fingerprint density at radius 3 is 1.92 bits per heavy atom. The lowest BCUT2D eigenvalue weighted by Crippen LogP contribution is -2.11. The van der Waals surface area contributed by atoms with Gasteiger partial charge in [0, 0.05) is 17.3 Å². The zero-order valence-electron chi connectivity index (χ0n) is 14.6. The minimum absolute atomic E-state index is 0.200. The number of rotatable bonds is 6. The van der Waals surface area contributed by atoms with Gasteiger partial charge in [0.25, 0.3) is 5.91 Å². The summed E-state index contributed by atoms with van der Waals surface area (Å²) in [5.41, 5.74) is 1.21. The van der Waals surface area contributed by atoms with Gasteiger partial charge in [0.05, 0.1) is 14.2 Å². The zero-order chi connectivity index (χ0) is 18.4. The van der Waals surface area contributed by atoms with Gasteiger partial charge in [0.2, 0.25) is 0 Å². The van der Waals surface area contributed by atoms with Crippen molar-refractivity contribution in [2.24, 2.45) is 0 Å². The molecule has 5 nitrogen and oxygen atoms in total. The Morgan fingerprint density at radius 1 is 0.731 bits per heavy atom. The van der Waals surface area contributed by atoms with E-state index in [0.717, 1.165) is 5.75 Å². The van der Waals surface area contributed by atoms with Crippen molar-refractivity contribution >= 4 is 11.6 Å². The minimum Gasteiger partial charge on any atom is -0.497 e. The number of carbonyl (C=O) groups excluding carboxylic acids is 1. The van der Waals surface area contributed by atoms with Crippen molar-refractivity contribution < 1.29 is 19.0 Å². The van der Waals surface area contributed by atoms with Gasteiger partial charge < -0.3 is 19.5 Å². The van der Waals surface area contributed by atoms with Crippen LogP contribution in [0.15, 0.2) is 72.8 Å². The van der Waals surface area contributed by atoms with Gasteiger partial charge in [-0.05, 0) is 60.7 Å². The largest absolute Gasteiger partial charge is 0.497 e. The highest BCUT2D eigenvalue weighted by Gasteiger charge is 2.07. The Bertz CT molecular complexity index is 873. The van der Waals surface area contributed by atoms with Crippen molar-refractivity contribution in [1.82, 2.24) is 0 Å². The monoisotopic (exact) mass is 349 g/mol. The van der Waals surface area contributed by atoms with E-state index in [1.807, 2.05) is 42.5 Å². The Morgan fingerprint density at radius 2 is 1.31 bits per heavy atom. The van der Waals surface area contributed by atoms with E-state index in [-0.39, 0.29) is 5.91 Å². The summed E-state index contributed by atoms with van der Waals surface area (Å²) in [5, 5.41) is 2.84. The van der Waals surface area contributed by atoms with Crippen molar-refractivity contribution in [2.45, 2.75) is 0 Å². The minimum atomic E-state index is -0.200. The molecule has 0 atom stereocenters. The number of methoxy groups -OCH3 is 2. The van der Waals surface area contributed by atoms with Crippen LogP contribution in [0.1, 0.15) is 10.4 Å². The van der Waals surface area contributed by atoms with Crippen LogP contribution in [0.4, 0.5) is 5.69 Å². The van der Waals surface area contributed by atoms with Crippen molar-refractivity contribution in [3.63, 3.8) is 0 Å². The summed E-state index contributed by atoms with van der Waals surface area (Å²) in [4.78, 5) is 12.3. The fourth-order valence-electron chi connectivity index (χ4n) is 2.36. The number of hydrogen-bond acceptors (Lipinski definition) is 4. The Kier molecular flexibility index (Phi) is 5.39. The van der Waals surface area contributed by atoms with Gasteiger partial charge in [-0.2, -0.15) is 0 Å². The van der Waals surface area contributed by atoms with E-state index >= 15 is 0 Å². The fourth-order valence-corrected chi connectivity index (χ4v) is 2.36. The highest BCUT2D eigenvalue weighted by Crippen LogP contribution is 2.24. The van der Waals surface area contributed by atoms with Gasteiger partial charge in [-0.3, -0.25) is 4.79 Å². The average Bonchev–Trinajstić information content (AvgIpc) is 2.69. The number of benzene rings is 3. The maximum absolute atomic E-state index is 12.3. The molecule has 0 aromatic heterocycles. The van der Waals surface area contributed by atoms with Crippen LogP contribution in [0.3, 0.4) is 0 Å². The molecule has 0 saturated heterocycles. The summed E-state index contributed by atoms with van der Waals surface area (Å²) >= 11 is 0. The van der Waals surface area contributed by atoms with Crippen LogP contribution in [0.5, 0.6) is 23.0 Å². The van der Waals surface area contributed by atoms with Crippen LogP contribution in [0.25, 0.3) is 0 Å². The second kappa shape index (κ2) is 8.07. The first-order valence-electron chi connectivity index (χ1n) is 8.05. The third-order valence-electron chi connectivity index (χ3n) is 3.74. The summed E-state index contributed by atoms with van der Waals surface area (Å²) in [6.45, 7) is 0. The van der Waals surface area contributed by atoms with E-state index in [9.17, 15) is 4.79 Å². The molecule has 132 valence electrons. The first-order valence-corrected chi connectivity index (χ1v) is 8.05. The number of anilines is 1. The molecule has 1 amide bonds. The highest BCUT2D eigenvalue weighted by atomic mass is 16.5. The van der Waals surface area contributed by atoms with E-state index in [2.05, 4.69) is 5.32 Å². The molecule has 0 heterocycles. The molecule has 5 heteroatoms. The van der Waals surface area contributed by atoms with Gasteiger partial charge in [-0.1, -0.05) is 6.07 Å². The Balaban J connectivity index is 1.65. The van der Waals surface area contributed by atoms with Crippen LogP contribution < -0.4 is 19.5 Å². The van der Waals surface area contributed by atoms with Gasteiger partial charge in [0.1, 0.15) is 23.0 Å². The normalized spacial score (nSPS) is 10.1. The molecule has 0 saturated carbocycles. The molecule has 0 radical (unpaired) electrons. The maximum atomic E-state index is 12.3. The third kappa shape index (κ3) is 4.33. The molecule has 0 aliphatic heterocycles. The Hall–Kier alpha value is -3.47. The fraction of sp³-hybridized carbons (Fsp3) is 0.0952. The van der Waals surface area contributed by atoms with E-state index < -0.39 is 0 Å². The van der Waals surface area contributed by atoms with Crippen molar-refractivity contribution in [1.29, 1.82) is 0 Å². The predicted molar refractivity (Wildman–Crippen MR) is 100 cm³/mol. The molecule has 0 unspecified atom stereocenters. The number of ether oxygens (including phenoxy) is 3. The van der Waals surface area contributed by atoms with E-state index in [1.54, 1.807) is 44.6 Å². The average molecular weight is 349 g/mol. The Labute approximate surface area is 152 Å². The summed E-state index contributed by atoms with van der Waals surface area (Å²) in [7, 11) is 3.20. The standard InChI is InChI=1S/C21H19NO4/c1-24-17-10-12-19(13-11-17)26-18-8-6-15(7-9-18)21(23)22-16-4-3-5-20(14-16)25-2/h3-14H,1-2H3,(H,22,23). The summed E-state index contributed by atoms with van der Waals surface area (Å²) in [6.07, 6.45) is 0. The summed E-state index contributed by atoms with van der Waals surface area (Å²) < 4.78 is 16.0. The van der Waals surface area contributed by atoms with Crippen molar-refractivity contribution in [3.8, 4) is 23.0 Å². The summed E-state index contributed by atoms with van der Waals surface area (Å²) in [6, 6.07) is 21.4. The smallest absolute Gasteiger partial charge is 0.255 e.